The Morgan fingerprint density at radius 2 is 2.14 bits per heavy atom. The highest BCUT2D eigenvalue weighted by molar-refractivity contribution is 6.32. The van der Waals surface area contributed by atoms with Gasteiger partial charge in [-0.05, 0) is 25.1 Å². The van der Waals surface area contributed by atoms with Crippen LogP contribution in [0.3, 0.4) is 0 Å². The van der Waals surface area contributed by atoms with Crippen molar-refractivity contribution in [1.29, 1.82) is 0 Å². The van der Waals surface area contributed by atoms with Crippen molar-refractivity contribution in [3.05, 3.63) is 57.0 Å². The van der Waals surface area contributed by atoms with Crippen LogP contribution in [0.5, 0.6) is 5.75 Å². The van der Waals surface area contributed by atoms with Gasteiger partial charge in [-0.3, -0.25) is 10.1 Å². The normalized spacial score (nSPS) is 11.9. The van der Waals surface area contributed by atoms with Crippen LogP contribution in [0.1, 0.15) is 29.3 Å². The van der Waals surface area contributed by atoms with Gasteiger partial charge < -0.3 is 14.3 Å². The van der Waals surface area contributed by atoms with Crippen LogP contribution >= 0.6 is 11.6 Å². The molecule has 2 rings (SSSR count). The lowest BCUT2D eigenvalue weighted by atomic mass is 10.3. The van der Waals surface area contributed by atoms with Crippen molar-refractivity contribution < 1.29 is 24.0 Å². The average Bonchev–Trinajstić information content (AvgIpc) is 2.88. The van der Waals surface area contributed by atoms with Crippen molar-refractivity contribution in [1.82, 2.24) is 0 Å². The van der Waals surface area contributed by atoms with E-state index in [4.69, 9.17) is 25.9 Å². The topological polar surface area (TPSA) is 103 Å². The number of benzene rings is 1. The molecular weight excluding hydrogens is 302 g/mol. The molecule has 2 aromatic rings. The number of ether oxygens (including phenoxy) is 1. The lowest BCUT2D eigenvalue weighted by Crippen LogP contribution is -2.02. The van der Waals surface area contributed by atoms with E-state index in [-0.39, 0.29) is 16.5 Å². The Kier molecular flexibility index (Phi) is 4.13. The maximum atomic E-state index is 10.7. The molecule has 8 heteroatoms. The van der Waals surface area contributed by atoms with Crippen LogP contribution in [0.2, 0.25) is 5.02 Å². The summed E-state index contributed by atoms with van der Waals surface area (Å²) in [6.45, 7) is 1.65. The molecule has 21 heavy (non-hydrogen) atoms. The van der Waals surface area contributed by atoms with Crippen molar-refractivity contribution in [3.63, 3.8) is 0 Å². The third kappa shape index (κ3) is 3.32. The van der Waals surface area contributed by atoms with E-state index in [1.165, 1.54) is 30.3 Å². The molecule has 110 valence electrons. The Labute approximate surface area is 123 Å². The Balaban J connectivity index is 2.15. The van der Waals surface area contributed by atoms with Gasteiger partial charge in [0.05, 0.1) is 4.92 Å². The van der Waals surface area contributed by atoms with Crippen LogP contribution in [0.15, 0.2) is 34.7 Å². The van der Waals surface area contributed by atoms with Gasteiger partial charge in [0, 0.05) is 12.1 Å². The van der Waals surface area contributed by atoms with E-state index < -0.39 is 17.0 Å². The van der Waals surface area contributed by atoms with Gasteiger partial charge in [-0.15, -0.1) is 0 Å². The van der Waals surface area contributed by atoms with Gasteiger partial charge in [0.1, 0.15) is 16.5 Å². The zero-order chi connectivity index (χ0) is 15.6. The highest BCUT2D eigenvalue weighted by atomic mass is 35.5. The Morgan fingerprint density at radius 1 is 1.43 bits per heavy atom. The summed E-state index contributed by atoms with van der Waals surface area (Å²) in [5, 5.41) is 19.4. The highest BCUT2D eigenvalue weighted by Gasteiger charge is 2.17. The summed E-state index contributed by atoms with van der Waals surface area (Å²) >= 11 is 5.78. The molecule has 1 heterocycles. The monoisotopic (exact) mass is 311 g/mol. The van der Waals surface area contributed by atoms with Gasteiger partial charge >= 0.3 is 5.97 Å². The van der Waals surface area contributed by atoms with Crippen molar-refractivity contribution in [2.75, 3.05) is 0 Å². The molecule has 0 saturated heterocycles. The lowest BCUT2D eigenvalue weighted by molar-refractivity contribution is -0.384. The first-order chi connectivity index (χ1) is 9.88. The van der Waals surface area contributed by atoms with E-state index in [0.29, 0.717) is 11.5 Å². The third-order valence-electron chi connectivity index (χ3n) is 2.67. The van der Waals surface area contributed by atoms with Crippen molar-refractivity contribution >= 4 is 23.3 Å². The van der Waals surface area contributed by atoms with Gasteiger partial charge in [0.25, 0.3) is 5.69 Å². The second-order valence-electron chi connectivity index (χ2n) is 4.14. The summed E-state index contributed by atoms with van der Waals surface area (Å²) in [6, 6.07) is 6.76. The number of nitro benzene ring substituents is 1. The zero-order valence-electron chi connectivity index (χ0n) is 10.8. The first kappa shape index (κ1) is 14.9. The summed E-state index contributed by atoms with van der Waals surface area (Å²) in [6.07, 6.45) is -0.573. The number of carbonyl (C=O) groups is 1. The molecule has 0 bridgehead atoms. The van der Waals surface area contributed by atoms with Gasteiger partial charge in [-0.25, -0.2) is 4.79 Å². The molecule has 0 amide bonds. The van der Waals surface area contributed by atoms with Crippen LogP contribution < -0.4 is 4.74 Å². The predicted molar refractivity (Wildman–Crippen MR) is 72.8 cm³/mol. The van der Waals surface area contributed by atoms with Crippen LogP contribution in [-0.4, -0.2) is 16.0 Å². The quantitative estimate of drug-likeness (QED) is 0.667. The molecule has 0 aliphatic heterocycles. The Hall–Kier alpha value is -2.54. The zero-order valence-corrected chi connectivity index (χ0v) is 11.5. The molecule has 0 saturated carbocycles. The minimum absolute atomic E-state index is 0.0460. The maximum absolute atomic E-state index is 10.7. The van der Waals surface area contributed by atoms with Crippen LogP contribution in [0.4, 0.5) is 5.69 Å². The lowest BCUT2D eigenvalue weighted by Gasteiger charge is -2.12. The van der Waals surface area contributed by atoms with E-state index in [9.17, 15) is 14.9 Å². The first-order valence-electron chi connectivity index (χ1n) is 5.82. The third-order valence-corrected chi connectivity index (χ3v) is 2.97. The fourth-order valence-corrected chi connectivity index (χ4v) is 1.90. The van der Waals surface area contributed by atoms with Gasteiger partial charge in [-0.1, -0.05) is 11.6 Å². The number of carboxylic acid groups (broad SMARTS) is 1. The SMILES string of the molecule is CC(Oc1ccc([N+](=O)[O-])c(Cl)c1)c1ccc(C(=O)O)o1. The minimum Gasteiger partial charge on any atom is -0.483 e. The van der Waals surface area contributed by atoms with E-state index in [2.05, 4.69) is 0 Å². The molecule has 0 radical (unpaired) electrons. The number of hydrogen-bond donors (Lipinski definition) is 1. The second kappa shape index (κ2) is 5.84. The number of halogens is 1. The van der Waals surface area contributed by atoms with Crippen molar-refractivity contribution in [2.24, 2.45) is 0 Å². The molecular formula is C13H10ClNO6. The largest absolute Gasteiger partial charge is 0.483 e. The first-order valence-corrected chi connectivity index (χ1v) is 6.20. The van der Waals surface area contributed by atoms with Crippen molar-refractivity contribution in [3.8, 4) is 5.75 Å². The molecule has 1 unspecified atom stereocenters. The van der Waals surface area contributed by atoms with Crippen LogP contribution in [0, 0.1) is 10.1 Å². The van der Waals surface area contributed by atoms with Crippen LogP contribution in [-0.2, 0) is 0 Å². The van der Waals surface area contributed by atoms with E-state index in [0.717, 1.165) is 0 Å². The second-order valence-corrected chi connectivity index (χ2v) is 4.54. The standard InChI is InChI=1S/C13H10ClNO6/c1-7(11-4-5-12(21-11)13(16)17)20-8-2-3-10(15(18)19)9(14)6-8/h2-7H,1H3,(H,16,17). The molecule has 1 atom stereocenters. The average molecular weight is 312 g/mol. The minimum atomic E-state index is -1.17. The maximum Gasteiger partial charge on any atom is 0.371 e. The number of nitrogens with zero attached hydrogens (tertiary/aromatic N) is 1. The van der Waals surface area contributed by atoms with E-state index in [1.54, 1.807) is 6.92 Å². The molecule has 7 nitrogen and oxygen atoms in total. The van der Waals surface area contributed by atoms with Crippen molar-refractivity contribution in [2.45, 2.75) is 13.0 Å². The van der Waals surface area contributed by atoms with E-state index >= 15 is 0 Å². The fraction of sp³-hybridized carbons (Fsp3) is 0.154. The molecule has 0 spiro atoms. The smallest absolute Gasteiger partial charge is 0.371 e. The molecule has 0 aliphatic rings. The fourth-order valence-electron chi connectivity index (χ4n) is 1.66. The predicted octanol–water partition coefficient (Wildman–Crippen LogP) is 3.68. The van der Waals surface area contributed by atoms with Gasteiger partial charge in [-0.2, -0.15) is 0 Å². The number of rotatable bonds is 5. The number of furan rings is 1. The molecule has 1 N–H and O–H groups in total. The number of carboxylic acids is 1. The highest BCUT2D eigenvalue weighted by Crippen LogP contribution is 2.31. The summed E-state index contributed by atoms with van der Waals surface area (Å²) in [7, 11) is 0. The number of aromatic carboxylic acids is 1. The van der Waals surface area contributed by atoms with Gasteiger partial charge in [0.15, 0.2) is 6.10 Å². The molecule has 0 fully saturated rings. The molecule has 1 aromatic carbocycles. The summed E-state index contributed by atoms with van der Waals surface area (Å²) < 4.78 is 10.6. The number of hydrogen-bond acceptors (Lipinski definition) is 5. The summed E-state index contributed by atoms with van der Waals surface area (Å²) in [5.74, 6) is -0.734. The van der Waals surface area contributed by atoms with E-state index in [1.807, 2.05) is 0 Å². The van der Waals surface area contributed by atoms with Gasteiger partial charge in [0.2, 0.25) is 5.76 Å². The molecule has 1 aromatic heterocycles. The summed E-state index contributed by atoms with van der Waals surface area (Å²) in [5.41, 5.74) is -0.220. The van der Waals surface area contributed by atoms with Crippen LogP contribution in [0.25, 0.3) is 0 Å². The molecule has 0 aliphatic carbocycles. The Morgan fingerprint density at radius 3 is 2.67 bits per heavy atom. The summed E-state index contributed by atoms with van der Waals surface area (Å²) in [4.78, 5) is 20.8. The number of nitro groups is 1. The Bertz CT molecular complexity index is 696.